The van der Waals surface area contributed by atoms with E-state index in [0.29, 0.717) is 30.4 Å². The Labute approximate surface area is 195 Å². The van der Waals surface area contributed by atoms with Gasteiger partial charge in [0.25, 0.3) is 0 Å². The van der Waals surface area contributed by atoms with Gasteiger partial charge in [0, 0.05) is 15.8 Å². The summed E-state index contributed by atoms with van der Waals surface area (Å²) in [6, 6.07) is 8.98. The number of nitrogens with zero attached hydrogens (tertiary/aromatic N) is 3. The van der Waals surface area contributed by atoms with Crippen LogP contribution in [0.1, 0.15) is 37.1 Å². The summed E-state index contributed by atoms with van der Waals surface area (Å²) in [5.74, 6) is -0.269. The van der Waals surface area contributed by atoms with Gasteiger partial charge in [-0.05, 0) is 49.6 Å². The van der Waals surface area contributed by atoms with Crippen LogP contribution < -0.4 is 10.4 Å². The Morgan fingerprint density at radius 3 is 2.53 bits per heavy atom. The molecule has 0 bridgehead atoms. The van der Waals surface area contributed by atoms with E-state index in [2.05, 4.69) is 12.5 Å². The van der Waals surface area contributed by atoms with E-state index >= 15 is 0 Å². The van der Waals surface area contributed by atoms with Crippen molar-refractivity contribution in [2.75, 3.05) is 25.1 Å². The minimum absolute atomic E-state index is 0.132. The van der Waals surface area contributed by atoms with Crippen molar-refractivity contribution in [3.63, 3.8) is 0 Å². The fraction of sp³-hybridized carbons (Fsp3) is 0.429. The molecule has 0 spiro atoms. The van der Waals surface area contributed by atoms with Crippen LogP contribution in [0.3, 0.4) is 0 Å². The predicted molar refractivity (Wildman–Crippen MR) is 126 cm³/mol. The monoisotopic (exact) mass is 485 g/mol. The van der Waals surface area contributed by atoms with E-state index in [-0.39, 0.29) is 17.9 Å². The van der Waals surface area contributed by atoms with Crippen molar-refractivity contribution in [3.8, 4) is 0 Å². The highest BCUT2D eigenvalue weighted by Crippen LogP contribution is 2.44. The summed E-state index contributed by atoms with van der Waals surface area (Å²) >= 11 is 20.3. The van der Waals surface area contributed by atoms with Gasteiger partial charge in [0.2, 0.25) is 0 Å². The summed E-state index contributed by atoms with van der Waals surface area (Å²) in [6.45, 7) is 3.89. The number of carbonyl (C=O) groups excluding carboxylic acids is 1. The van der Waals surface area contributed by atoms with Gasteiger partial charge in [-0.25, -0.2) is 4.59 Å². The van der Waals surface area contributed by atoms with Crippen molar-refractivity contribution in [3.05, 3.63) is 49.6 Å². The molecule has 2 aliphatic heterocycles. The number of hydrogen-bond donors (Lipinski definition) is 1. The molecule has 0 saturated carbocycles. The first kappa shape index (κ1) is 21.9. The molecule has 4 rings (SSSR count). The Balaban J connectivity index is 1.69. The van der Waals surface area contributed by atoms with Crippen molar-refractivity contribution >= 4 is 63.4 Å². The van der Waals surface area contributed by atoms with E-state index in [0.717, 1.165) is 30.8 Å². The number of piperidine rings is 1. The molecule has 3 heterocycles. The van der Waals surface area contributed by atoms with Crippen LogP contribution in [-0.4, -0.2) is 36.3 Å². The highest BCUT2D eigenvalue weighted by Gasteiger charge is 2.42. The smallest absolute Gasteiger partial charge is 0.263 e. The molecule has 0 aliphatic carbocycles. The molecule has 2 aromatic rings. The highest BCUT2D eigenvalue weighted by molar-refractivity contribution is 7.16. The molecule has 1 aromatic heterocycles. The number of likely N-dealkylation sites (tertiary alicyclic amines) is 1. The summed E-state index contributed by atoms with van der Waals surface area (Å²) in [5.41, 5.74) is 4.42. The van der Waals surface area contributed by atoms with Gasteiger partial charge in [-0.2, -0.15) is 10.5 Å². The van der Waals surface area contributed by atoms with Gasteiger partial charge in [-0.3, -0.25) is 9.80 Å². The molecule has 9 heteroatoms. The SMILES string of the molecule is C[C@@H]1C(C(=O)N[N+]2(C)CCCCC2)=NN(c2ccc(Cl)cc2Cl)[C@H]1c1ccc(Cl)s1. The quantitative estimate of drug-likeness (QED) is 0.545. The molecule has 5 nitrogen and oxygen atoms in total. The molecule has 1 N–H and O–H groups in total. The third kappa shape index (κ3) is 4.34. The topological polar surface area (TPSA) is 44.7 Å². The van der Waals surface area contributed by atoms with Crippen LogP contribution in [0.15, 0.2) is 35.4 Å². The maximum Gasteiger partial charge on any atom is 0.312 e. The summed E-state index contributed by atoms with van der Waals surface area (Å²) in [4.78, 5) is 14.3. The Hall–Kier alpha value is -1.31. The zero-order chi connectivity index (χ0) is 21.5. The van der Waals surface area contributed by atoms with Crippen molar-refractivity contribution in [1.82, 2.24) is 5.43 Å². The summed E-state index contributed by atoms with van der Waals surface area (Å²) in [6.07, 6.45) is 3.44. The van der Waals surface area contributed by atoms with E-state index < -0.39 is 0 Å². The predicted octanol–water partition coefficient (Wildman–Crippen LogP) is 5.92. The van der Waals surface area contributed by atoms with Crippen molar-refractivity contribution in [2.24, 2.45) is 11.0 Å². The molecule has 1 saturated heterocycles. The molecule has 0 unspecified atom stereocenters. The lowest BCUT2D eigenvalue weighted by atomic mass is 9.95. The van der Waals surface area contributed by atoms with Crippen LogP contribution >= 0.6 is 46.1 Å². The van der Waals surface area contributed by atoms with Gasteiger partial charge in [-0.15, -0.1) is 11.3 Å². The van der Waals surface area contributed by atoms with Crippen LogP contribution in [-0.2, 0) is 4.79 Å². The van der Waals surface area contributed by atoms with Gasteiger partial charge >= 0.3 is 5.91 Å². The van der Waals surface area contributed by atoms with E-state index in [1.54, 1.807) is 12.1 Å². The number of quaternary nitrogens is 1. The van der Waals surface area contributed by atoms with E-state index in [1.807, 2.05) is 30.1 Å². The average Bonchev–Trinajstić information content (AvgIpc) is 3.25. The number of carbonyl (C=O) groups is 1. The second-order valence-corrected chi connectivity index (χ2v) is 10.7. The van der Waals surface area contributed by atoms with E-state index in [1.165, 1.54) is 17.8 Å². The molecule has 1 aromatic carbocycles. The van der Waals surface area contributed by atoms with Crippen LogP contribution in [0.25, 0.3) is 0 Å². The van der Waals surface area contributed by atoms with Crippen LogP contribution in [0, 0.1) is 5.92 Å². The third-order valence-electron chi connectivity index (χ3n) is 5.83. The van der Waals surface area contributed by atoms with Crippen LogP contribution in [0.4, 0.5) is 5.69 Å². The Morgan fingerprint density at radius 2 is 1.90 bits per heavy atom. The largest absolute Gasteiger partial charge is 0.312 e. The Morgan fingerprint density at radius 1 is 1.17 bits per heavy atom. The highest BCUT2D eigenvalue weighted by atomic mass is 35.5. The van der Waals surface area contributed by atoms with E-state index in [4.69, 9.17) is 39.9 Å². The first-order chi connectivity index (χ1) is 14.3. The Kier molecular flexibility index (Phi) is 6.33. The summed E-state index contributed by atoms with van der Waals surface area (Å²) < 4.78 is 1.24. The number of amides is 1. The summed E-state index contributed by atoms with van der Waals surface area (Å²) in [5, 5.41) is 7.63. The second kappa shape index (κ2) is 8.67. The lowest BCUT2D eigenvalue weighted by Crippen LogP contribution is -2.61. The number of benzene rings is 1. The molecule has 30 heavy (non-hydrogen) atoms. The number of rotatable bonds is 4. The van der Waals surface area contributed by atoms with Gasteiger partial charge in [0.15, 0.2) is 0 Å². The van der Waals surface area contributed by atoms with Crippen molar-refractivity contribution in [1.29, 1.82) is 0 Å². The average molecular weight is 487 g/mol. The summed E-state index contributed by atoms with van der Waals surface area (Å²) in [7, 11) is 2.07. The lowest BCUT2D eigenvalue weighted by molar-refractivity contribution is -0.947. The minimum atomic E-state index is -0.173. The molecular weight excluding hydrogens is 463 g/mol. The molecular formula is C21H24Cl3N4OS+. The van der Waals surface area contributed by atoms with Gasteiger partial charge < -0.3 is 0 Å². The number of halogens is 3. The molecule has 0 radical (unpaired) electrons. The van der Waals surface area contributed by atoms with Crippen LogP contribution in [0.5, 0.6) is 0 Å². The number of hydrazone groups is 1. The normalized spacial score (nSPS) is 23.4. The van der Waals surface area contributed by atoms with Gasteiger partial charge in [-0.1, -0.05) is 41.7 Å². The van der Waals surface area contributed by atoms with Gasteiger partial charge in [0.05, 0.1) is 28.1 Å². The maximum absolute atomic E-state index is 13.3. The number of hydrogen-bond acceptors (Lipinski definition) is 4. The fourth-order valence-electron chi connectivity index (χ4n) is 4.23. The second-order valence-electron chi connectivity index (χ2n) is 8.15. The third-order valence-corrected chi connectivity index (χ3v) is 7.67. The van der Waals surface area contributed by atoms with Gasteiger partial charge in [0.1, 0.15) is 18.8 Å². The minimum Gasteiger partial charge on any atom is -0.263 e. The standard InChI is InChI=1S/C21H23Cl3N4OS/c1-13-19(21(29)26-28(2)10-4-3-5-11-28)25-27(16-7-6-14(22)12-15(16)23)20(13)17-8-9-18(24)30-17/h6-9,12-13,20H,3-5,10-11H2,1-2H3/p+1/t13-,20-/m1/s1. The van der Waals surface area contributed by atoms with Crippen molar-refractivity contribution in [2.45, 2.75) is 32.2 Å². The Bertz CT molecular complexity index is 986. The molecule has 160 valence electrons. The fourth-order valence-corrected chi connectivity index (χ4v) is 5.98. The number of thiophene rings is 1. The molecule has 2 aliphatic rings. The first-order valence-corrected chi connectivity index (χ1v) is 12.0. The number of anilines is 1. The zero-order valence-electron chi connectivity index (χ0n) is 16.9. The first-order valence-electron chi connectivity index (χ1n) is 10.0. The molecule has 1 amide bonds. The van der Waals surface area contributed by atoms with Crippen molar-refractivity contribution < 1.29 is 9.39 Å². The van der Waals surface area contributed by atoms with Crippen LogP contribution in [0.2, 0.25) is 14.4 Å². The zero-order valence-corrected chi connectivity index (χ0v) is 20.0. The lowest BCUT2D eigenvalue weighted by Gasteiger charge is -2.36. The molecule has 2 atom stereocenters. The maximum atomic E-state index is 13.3. The molecule has 1 fully saturated rings. The number of nitrogens with one attached hydrogen (secondary N) is 1. The van der Waals surface area contributed by atoms with E-state index in [9.17, 15) is 4.79 Å².